The highest BCUT2D eigenvalue weighted by atomic mass is 31.2. The topological polar surface area (TPSA) is 87.0 Å². The van der Waals surface area contributed by atoms with Gasteiger partial charge in [0.15, 0.2) is 5.85 Å². The molecule has 118 valence electrons. The van der Waals surface area contributed by atoms with Crippen molar-refractivity contribution in [3.8, 4) is 5.75 Å². The van der Waals surface area contributed by atoms with Crippen molar-refractivity contribution >= 4 is 7.60 Å². The van der Waals surface area contributed by atoms with Gasteiger partial charge in [0.2, 0.25) is 0 Å². The van der Waals surface area contributed by atoms with E-state index in [-0.39, 0.29) is 0 Å². The highest BCUT2D eigenvalue weighted by molar-refractivity contribution is 7.52. The van der Waals surface area contributed by atoms with Crippen LogP contribution in [0.15, 0.2) is 60.7 Å². The minimum absolute atomic E-state index is 0.297. The number of hydrogen-bond acceptors (Lipinski definition) is 3. The molecule has 0 heterocycles. The zero-order chi connectivity index (χ0) is 16.0. The first-order valence-electron chi connectivity index (χ1n) is 6.96. The average Bonchev–Trinajstić information content (AvgIpc) is 2.52. The number of rotatable bonds is 7. The molecule has 0 spiro atoms. The van der Waals surface area contributed by atoms with Gasteiger partial charge in [-0.2, -0.15) is 0 Å². The van der Waals surface area contributed by atoms with Gasteiger partial charge in [-0.25, -0.2) is 0 Å². The standard InChI is InChI=1S/C16H19O5P/c17-16(22(18,19)20)15(21-14-9-5-2-6-10-14)12-11-13-7-3-1-4-8-13/h1-10,15-17H,11-12H2,(H2,18,19,20)/t15?,16-/m1/s1. The van der Waals surface area contributed by atoms with E-state index in [0.29, 0.717) is 18.6 Å². The molecular weight excluding hydrogens is 303 g/mol. The number of aliphatic hydroxyl groups is 1. The van der Waals surface area contributed by atoms with E-state index < -0.39 is 19.5 Å². The maximum absolute atomic E-state index is 11.3. The molecule has 1 unspecified atom stereocenters. The Hall–Kier alpha value is -1.65. The predicted octanol–water partition coefficient (Wildman–Crippen LogP) is 2.56. The molecule has 3 N–H and O–H groups in total. The van der Waals surface area contributed by atoms with E-state index >= 15 is 0 Å². The third-order valence-corrected chi connectivity index (χ3v) is 4.29. The van der Waals surface area contributed by atoms with E-state index in [1.54, 1.807) is 24.3 Å². The fraction of sp³-hybridized carbons (Fsp3) is 0.250. The Labute approximate surface area is 129 Å². The van der Waals surface area contributed by atoms with Crippen molar-refractivity contribution < 1.29 is 24.2 Å². The van der Waals surface area contributed by atoms with Crippen molar-refractivity contribution in [1.29, 1.82) is 0 Å². The van der Waals surface area contributed by atoms with Crippen LogP contribution in [-0.4, -0.2) is 26.8 Å². The third kappa shape index (κ3) is 4.97. The maximum Gasteiger partial charge on any atom is 0.357 e. The quantitative estimate of drug-likeness (QED) is 0.682. The number of hydrogen-bond donors (Lipinski definition) is 3. The largest absolute Gasteiger partial charge is 0.487 e. The van der Waals surface area contributed by atoms with Crippen LogP contribution in [0.25, 0.3) is 0 Å². The molecule has 0 aliphatic carbocycles. The maximum atomic E-state index is 11.3. The van der Waals surface area contributed by atoms with E-state index in [4.69, 9.17) is 4.74 Å². The summed E-state index contributed by atoms with van der Waals surface area (Å²) in [5.74, 6) is -1.38. The van der Waals surface area contributed by atoms with Crippen molar-refractivity contribution in [3.63, 3.8) is 0 Å². The van der Waals surface area contributed by atoms with Gasteiger partial charge in [-0.3, -0.25) is 4.57 Å². The molecule has 6 heteroatoms. The molecule has 0 aliphatic heterocycles. The van der Waals surface area contributed by atoms with Crippen LogP contribution in [0.1, 0.15) is 12.0 Å². The predicted molar refractivity (Wildman–Crippen MR) is 83.7 cm³/mol. The van der Waals surface area contributed by atoms with Gasteiger partial charge in [0.25, 0.3) is 0 Å². The first-order chi connectivity index (χ1) is 10.5. The Morgan fingerprint density at radius 1 is 0.955 bits per heavy atom. The Morgan fingerprint density at radius 3 is 2.05 bits per heavy atom. The Balaban J connectivity index is 2.09. The van der Waals surface area contributed by atoms with Crippen LogP contribution in [0.5, 0.6) is 5.75 Å². The fourth-order valence-electron chi connectivity index (χ4n) is 2.11. The fourth-order valence-corrected chi connectivity index (χ4v) is 2.76. The lowest BCUT2D eigenvalue weighted by Gasteiger charge is -2.24. The van der Waals surface area contributed by atoms with Crippen LogP contribution in [0.2, 0.25) is 0 Å². The summed E-state index contributed by atoms with van der Waals surface area (Å²) < 4.78 is 16.9. The molecule has 2 atom stereocenters. The summed E-state index contributed by atoms with van der Waals surface area (Å²) in [6, 6.07) is 18.2. The second kappa shape index (κ2) is 7.56. The summed E-state index contributed by atoms with van der Waals surface area (Å²) in [5, 5.41) is 9.90. The lowest BCUT2D eigenvalue weighted by Crippen LogP contribution is -2.32. The lowest BCUT2D eigenvalue weighted by atomic mass is 10.1. The molecule has 2 rings (SSSR count). The molecule has 0 saturated heterocycles. The van der Waals surface area contributed by atoms with E-state index in [2.05, 4.69) is 0 Å². The van der Waals surface area contributed by atoms with Gasteiger partial charge >= 0.3 is 7.60 Å². The average molecular weight is 322 g/mol. The van der Waals surface area contributed by atoms with Gasteiger partial charge in [-0.15, -0.1) is 0 Å². The van der Waals surface area contributed by atoms with Gasteiger partial charge in [0.05, 0.1) is 0 Å². The van der Waals surface area contributed by atoms with Gasteiger partial charge in [-0.05, 0) is 30.5 Å². The molecule has 0 bridgehead atoms. The molecule has 0 fully saturated rings. The van der Waals surface area contributed by atoms with E-state index in [0.717, 1.165) is 5.56 Å². The van der Waals surface area contributed by atoms with Crippen LogP contribution >= 0.6 is 7.60 Å². The normalized spacial score (nSPS) is 14.3. The SMILES string of the molecule is O=P(O)(O)[C@@H](O)C(CCc1ccccc1)Oc1ccccc1. The molecule has 0 radical (unpaired) electrons. The monoisotopic (exact) mass is 322 g/mol. The molecule has 5 nitrogen and oxygen atoms in total. The van der Waals surface area contributed by atoms with Crippen molar-refractivity contribution in [3.05, 3.63) is 66.2 Å². The summed E-state index contributed by atoms with van der Waals surface area (Å²) in [6.45, 7) is 0. The molecule has 2 aromatic rings. The first kappa shape index (κ1) is 16.7. The van der Waals surface area contributed by atoms with Gasteiger partial charge < -0.3 is 19.6 Å². The molecule has 2 aromatic carbocycles. The smallest absolute Gasteiger partial charge is 0.357 e. The Kier molecular flexibility index (Phi) is 5.75. The number of aryl methyl sites for hydroxylation is 1. The highest BCUT2D eigenvalue weighted by Gasteiger charge is 2.35. The summed E-state index contributed by atoms with van der Waals surface area (Å²) in [4.78, 5) is 18.4. The number of aliphatic hydroxyl groups excluding tert-OH is 1. The summed E-state index contributed by atoms with van der Waals surface area (Å²) >= 11 is 0. The second-order valence-corrected chi connectivity index (χ2v) is 6.70. The zero-order valence-corrected chi connectivity index (χ0v) is 12.8. The molecule has 0 aromatic heterocycles. The van der Waals surface area contributed by atoms with Gasteiger partial charge in [0.1, 0.15) is 11.9 Å². The van der Waals surface area contributed by atoms with Crippen molar-refractivity contribution in [1.82, 2.24) is 0 Å². The van der Waals surface area contributed by atoms with Crippen LogP contribution < -0.4 is 4.74 Å². The minimum Gasteiger partial charge on any atom is -0.487 e. The molecule has 0 aliphatic rings. The van der Waals surface area contributed by atoms with Crippen LogP contribution in [0, 0.1) is 0 Å². The third-order valence-electron chi connectivity index (χ3n) is 3.27. The van der Waals surface area contributed by atoms with E-state index in [1.165, 1.54) is 0 Å². The highest BCUT2D eigenvalue weighted by Crippen LogP contribution is 2.43. The van der Waals surface area contributed by atoms with Crippen molar-refractivity contribution in [2.45, 2.75) is 24.8 Å². The zero-order valence-electron chi connectivity index (χ0n) is 11.9. The minimum atomic E-state index is -4.64. The number of para-hydroxylation sites is 1. The summed E-state index contributed by atoms with van der Waals surface area (Å²) in [5.41, 5.74) is 1.02. The summed E-state index contributed by atoms with van der Waals surface area (Å²) in [7, 11) is -4.64. The first-order valence-corrected chi connectivity index (χ1v) is 8.64. The van der Waals surface area contributed by atoms with Crippen molar-refractivity contribution in [2.75, 3.05) is 0 Å². The number of ether oxygens (including phenoxy) is 1. The number of benzene rings is 2. The van der Waals surface area contributed by atoms with Crippen LogP contribution in [-0.2, 0) is 11.0 Å². The Bertz CT molecular complexity index is 611. The molecule has 0 saturated carbocycles. The lowest BCUT2D eigenvalue weighted by molar-refractivity contribution is 0.0635. The van der Waals surface area contributed by atoms with Gasteiger partial charge in [0, 0.05) is 0 Å². The van der Waals surface area contributed by atoms with Gasteiger partial charge in [-0.1, -0.05) is 48.5 Å². The van der Waals surface area contributed by atoms with E-state index in [1.807, 2.05) is 36.4 Å². The molecule has 22 heavy (non-hydrogen) atoms. The molecular formula is C16H19O5P. The molecule has 0 amide bonds. The van der Waals surface area contributed by atoms with E-state index in [9.17, 15) is 19.5 Å². The van der Waals surface area contributed by atoms with Crippen molar-refractivity contribution in [2.24, 2.45) is 0 Å². The van der Waals surface area contributed by atoms with Crippen LogP contribution in [0.3, 0.4) is 0 Å². The Morgan fingerprint density at radius 2 is 1.50 bits per heavy atom. The van der Waals surface area contributed by atoms with Crippen LogP contribution in [0.4, 0.5) is 0 Å². The summed E-state index contributed by atoms with van der Waals surface area (Å²) in [6.07, 6.45) is -0.135. The second-order valence-electron chi connectivity index (χ2n) is 5.00.